The number of hydrogen-bond acceptors (Lipinski definition) is 0. The van der Waals surface area contributed by atoms with Crippen molar-refractivity contribution in [3.05, 3.63) is 0 Å². The van der Waals surface area contributed by atoms with Crippen LogP contribution in [0.3, 0.4) is 0 Å². The highest BCUT2D eigenvalue weighted by molar-refractivity contribution is 6.21. The molecule has 1 heteroatoms. The van der Waals surface area contributed by atoms with E-state index in [1.165, 1.54) is 19.3 Å². The second kappa shape index (κ2) is 1.17. The summed E-state index contributed by atoms with van der Waals surface area (Å²) in [6.45, 7) is 0. The van der Waals surface area contributed by atoms with Gasteiger partial charge in [0.05, 0.1) is 0 Å². The molecule has 0 spiro atoms. The number of fused-ring (bicyclic) bond motifs is 1. The fourth-order valence-electron chi connectivity index (χ4n) is 1.63. The highest BCUT2D eigenvalue weighted by Gasteiger charge is 2.46. The predicted molar refractivity (Wildman–Crippen MR) is 30.5 cm³/mol. The molecule has 2 fully saturated rings. The average molecular weight is 117 g/mol. The second-order valence-electron chi connectivity index (χ2n) is 2.75. The van der Waals surface area contributed by atoms with Gasteiger partial charge in [0.1, 0.15) is 0 Å². The summed E-state index contributed by atoms with van der Waals surface area (Å²) in [5.74, 6) is 2.00. The molecule has 2 aliphatic carbocycles. The zero-order chi connectivity index (χ0) is 4.85. The van der Waals surface area contributed by atoms with Gasteiger partial charge in [-0.3, -0.25) is 0 Å². The fraction of sp³-hybridized carbons (Fsp3) is 1.00. The van der Waals surface area contributed by atoms with Gasteiger partial charge in [-0.25, -0.2) is 0 Å². The first kappa shape index (κ1) is 4.20. The number of alkyl halides is 1. The topological polar surface area (TPSA) is 0 Å². The standard InChI is InChI=1S/C6H9Cl/c7-6-2-1-4-3-5(4)6/h4-6H,1-3H2/t4-,5+,6-/m0/s1. The van der Waals surface area contributed by atoms with Gasteiger partial charge in [-0.2, -0.15) is 0 Å². The van der Waals surface area contributed by atoms with Crippen LogP contribution in [0, 0.1) is 11.8 Å². The van der Waals surface area contributed by atoms with Crippen LogP contribution in [0.25, 0.3) is 0 Å². The Morgan fingerprint density at radius 1 is 1.29 bits per heavy atom. The lowest BCUT2D eigenvalue weighted by Crippen LogP contribution is -1.92. The molecule has 0 radical (unpaired) electrons. The van der Waals surface area contributed by atoms with E-state index in [-0.39, 0.29) is 0 Å². The van der Waals surface area contributed by atoms with Crippen LogP contribution in [0.1, 0.15) is 19.3 Å². The van der Waals surface area contributed by atoms with E-state index >= 15 is 0 Å². The molecule has 2 rings (SSSR count). The van der Waals surface area contributed by atoms with Gasteiger partial charge in [0, 0.05) is 5.38 Å². The van der Waals surface area contributed by atoms with Crippen LogP contribution in [-0.4, -0.2) is 5.38 Å². The Balaban J connectivity index is 2.08. The lowest BCUT2D eigenvalue weighted by atomic mass is 10.2. The predicted octanol–water partition coefficient (Wildman–Crippen LogP) is 2.02. The van der Waals surface area contributed by atoms with Crippen molar-refractivity contribution in [3.8, 4) is 0 Å². The van der Waals surface area contributed by atoms with Crippen molar-refractivity contribution in [2.75, 3.05) is 0 Å². The van der Waals surface area contributed by atoms with E-state index in [4.69, 9.17) is 11.6 Å². The van der Waals surface area contributed by atoms with Gasteiger partial charge in [0.25, 0.3) is 0 Å². The van der Waals surface area contributed by atoms with Crippen LogP contribution >= 0.6 is 11.6 Å². The molecular formula is C6H9Cl. The average Bonchev–Trinajstić information content (AvgIpc) is 2.33. The highest BCUT2D eigenvalue weighted by Crippen LogP contribution is 2.53. The van der Waals surface area contributed by atoms with Crippen molar-refractivity contribution >= 4 is 11.6 Å². The molecular weight excluding hydrogens is 108 g/mol. The summed E-state index contributed by atoms with van der Waals surface area (Å²) in [6.07, 6.45) is 4.14. The molecule has 0 aliphatic heterocycles. The maximum absolute atomic E-state index is 5.90. The van der Waals surface area contributed by atoms with Gasteiger partial charge in [0.15, 0.2) is 0 Å². The molecule has 7 heavy (non-hydrogen) atoms. The van der Waals surface area contributed by atoms with E-state index in [1.54, 1.807) is 0 Å². The molecule has 0 unspecified atom stereocenters. The maximum atomic E-state index is 5.90. The molecule has 3 atom stereocenters. The molecule has 0 saturated heterocycles. The molecule has 0 aromatic carbocycles. The van der Waals surface area contributed by atoms with E-state index in [2.05, 4.69) is 0 Å². The van der Waals surface area contributed by atoms with Crippen LogP contribution in [0.5, 0.6) is 0 Å². The molecule has 0 amide bonds. The Bertz CT molecular complexity index is 90.2. The molecule has 0 aromatic heterocycles. The minimum Gasteiger partial charge on any atom is -0.123 e. The smallest absolute Gasteiger partial charge is 0.0367 e. The van der Waals surface area contributed by atoms with E-state index in [1.807, 2.05) is 0 Å². The fourth-order valence-corrected chi connectivity index (χ4v) is 2.07. The Labute approximate surface area is 48.9 Å². The van der Waals surface area contributed by atoms with Crippen LogP contribution in [-0.2, 0) is 0 Å². The Kier molecular flexibility index (Phi) is 0.699. The van der Waals surface area contributed by atoms with Gasteiger partial charge in [-0.05, 0) is 31.1 Å². The van der Waals surface area contributed by atoms with Gasteiger partial charge >= 0.3 is 0 Å². The largest absolute Gasteiger partial charge is 0.123 e. The first-order valence-corrected chi connectivity index (χ1v) is 3.45. The molecule has 0 N–H and O–H groups in total. The van der Waals surface area contributed by atoms with Crippen molar-refractivity contribution in [1.82, 2.24) is 0 Å². The number of halogens is 1. The second-order valence-corrected chi connectivity index (χ2v) is 3.31. The summed E-state index contributed by atoms with van der Waals surface area (Å²) in [7, 11) is 0. The summed E-state index contributed by atoms with van der Waals surface area (Å²) >= 11 is 5.90. The lowest BCUT2D eigenvalue weighted by molar-refractivity contribution is 0.742. The Morgan fingerprint density at radius 2 is 2.14 bits per heavy atom. The molecule has 0 bridgehead atoms. The van der Waals surface area contributed by atoms with E-state index in [0.29, 0.717) is 5.38 Å². The van der Waals surface area contributed by atoms with E-state index in [9.17, 15) is 0 Å². The van der Waals surface area contributed by atoms with Crippen LogP contribution < -0.4 is 0 Å². The summed E-state index contributed by atoms with van der Waals surface area (Å²) in [4.78, 5) is 0. The summed E-state index contributed by atoms with van der Waals surface area (Å²) in [5.41, 5.74) is 0. The van der Waals surface area contributed by atoms with Crippen molar-refractivity contribution in [3.63, 3.8) is 0 Å². The van der Waals surface area contributed by atoms with Crippen molar-refractivity contribution in [1.29, 1.82) is 0 Å². The molecule has 2 saturated carbocycles. The Morgan fingerprint density at radius 3 is 2.29 bits per heavy atom. The zero-order valence-corrected chi connectivity index (χ0v) is 4.99. The third kappa shape index (κ3) is 0.495. The van der Waals surface area contributed by atoms with Gasteiger partial charge in [-0.15, -0.1) is 11.6 Å². The van der Waals surface area contributed by atoms with Crippen molar-refractivity contribution in [2.24, 2.45) is 11.8 Å². The third-order valence-corrected chi connectivity index (χ3v) is 2.80. The highest BCUT2D eigenvalue weighted by atomic mass is 35.5. The quantitative estimate of drug-likeness (QED) is 0.425. The molecule has 0 nitrogen and oxygen atoms in total. The maximum Gasteiger partial charge on any atom is 0.0367 e. The first-order valence-electron chi connectivity index (χ1n) is 3.02. The van der Waals surface area contributed by atoms with Crippen LogP contribution in [0.2, 0.25) is 0 Å². The van der Waals surface area contributed by atoms with Crippen molar-refractivity contribution < 1.29 is 0 Å². The first-order chi connectivity index (χ1) is 3.38. The summed E-state index contributed by atoms with van der Waals surface area (Å²) in [5, 5.41) is 0.560. The normalized spacial score (nSPS) is 57.0. The van der Waals surface area contributed by atoms with Gasteiger partial charge < -0.3 is 0 Å². The molecule has 40 valence electrons. The Hall–Kier alpha value is 0.290. The third-order valence-electron chi connectivity index (χ3n) is 2.26. The van der Waals surface area contributed by atoms with Crippen molar-refractivity contribution in [2.45, 2.75) is 24.6 Å². The summed E-state index contributed by atoms with van der Waals surface area (Å²) in [6, 6.07) is 0. The van der Waals surface area contributed by atoms with E-state index < -0.39 is 0 Å². The molecule has 0 heterocycles. The lowest BCUT2D eigenvalue weighted by Gasteiger charge is -1.95. The SMILES string of the molecule is Cl[C@H]1CC[C@H]2C[C@H]21. The zero-order valence-electron chi connectivity index (χ0n) is 4.23. The van der Waals surface area contributed by atoms with Gasteiger partial charge in [-0.1, -0.05) is 0 Å². The minimum atomic E-state index is 0.560. The molecule has 0 aromatic rings. The summed E-state index contributed by atoms with van der Waals surface area (Å²) < 4.78 is 0. The number of rotatable bonds is 0. The number of hydrogen-bond donors (Lipinski definition) is 0. The van der Waals surface area contributed by atoms with Gasteiger partial charge in [0.2, 0.25) is 0 Å². The van der Waals surface area contributed by atoms with Crippen LogP contribution in [0.15, 0.2) is 0 Å². The minimum absolute atomic E-state index is 0.560. The van der Waals surface area contributed by atoms with Crippen LogP contribution in [0.4, 0.5) is 0 Å². The van der Waals surface area contributed by atoms with E-state index in [0.717, 1.165) is 11.8 Å². The molecule has 2 aliphatic rings. The monoisotopic (exact) mass is 116 g/mol.